The zero-order valence-electron chi connectivity index (χ0n) is 10.8. The summed E-state index contributed by atoms with van der Waals surface area (Å²) in [5.74, 6) is 1.74. The molecule has 2 heterocycles. The van der Waals surface area contributed by atoms with Gasteiger partial charge >= 0.3 is 0 Å². The molecule has 0 N–H and O–H groups in total. The van der Waals surface area contributed by atoms with Gasteiger partial charge in [-0.1, -0.05) is 0 Å². The van der Waals surface area contributed by atoms with Crippen molar-refractivity contribution < 1.29 is 0 Å². The van der Waals surface area contributed by atoms with Crippen LogP contribution >= 0.6 is 0 Å². The second kappa shape index (κ2) is 4.67. The molecule has 0 saturated carbocycles. The van der Waals surface area contributed by atoms with Crippen LogP contribution in [0, 0.1) is 6.92 Å². The van der Waals surface area contributed by atoms with E-state index in [0.717, 1.165) is 30.4 Å². The highest BCUT2D eigenvalue weighted by Gasteiger charge is 2.07. The Kier molecular flexibility index (Phi) is 3.23. The summed E-state index contributed by atoms with van der Waals surface area (Å²) >= 11 is 0. The van der Waals surface area contributed by atoms with Crippen molar-refractivity contribution >= 4 is 11.5 Å². The number of aromatic nitrogens is 4. The van der Waals surface area contributed by atoms with Gasteiger partial charge in [0.25, 0.3) is 0 Å². The van der Waals surface area contributed by atoms with Gasteiger partial charge in [0, 0.05) is 20.1 Å². The van der Waals surface area contributed by atoms with Crippen molar-refractivity contribution in [2.45, 2.75) is 6.92 Å². The molecule has 0 bridgehead atoms. The summed E-state index contributed by atoms with van der Waals surface area (Å²) in [4.78, 5) is 4.28. The summed E-state index contributed by atoms with van der Waals surface area (Å²) < 4.78 is 1.77. The molecule has 0 aromatic carbocycles. The van der Waals surface area contributed by atoms with Crippen LogP contribution in [0.15, 0.2) is 12.1 Å². The third kappa shape index (κ3) is 2.52. The molecule has 0 fully saturated rings. The van der Waals surface area contributed by atoms with E-state index in [2.05, 4.69) is 39.2 Å². The highest BCUT2D eigenvalue weighted by atomic mass is 15.4. The van der Waals surface area contributed by atoms with E-state index in [1.807, 2.05) is 26.1 Å². The second-order valence-corrected chi connectivity index (χ2v) is 4.43. The molecule has 0 spiro atoms. The molecule has 17 heavy (non-hydrogen) atoms. The largest absolute Gasteiger partial charge is 0.357 e. The summed E-state index contributed by atoms with van der Waals surface area (Å²) in [7, 11) is 6.17. The topological polar surface area (TPSA) is 49.6 Å². The molecule has 0 unspecified atom stereocenters. The summed E-state index contributed by atoms with van der Waals surface area (Å²) in [6.45, 7) is 3.83. The fourth-order valence-corrected chi connectivity index (χ4v) is 1.55. The number of nitrogens with zero attached hydrogens (tertiary/aromatic N) is 6. The summed E-state index contributed by atoms with van der Waals surface area (Å²) in [6.07, 6.45) is 0. The van der Waals surface area contributed by atoms with Gasteiger partial charge in [-0.3, -0.25) is 0 Å². The van der Waals surface area contributed by atoms with Gasteiger partial charge < -0.3 is 9.80 Å². The average Bonchev–Trinajstić information content (AvgIpc) is 2.67. The van der Waals surface area contributed by atoms with Crippen molar-refractivity contribution in [1.82, 2.24) is 24.7 Å². The van der Waals surface area contributed by atoms with Crippen molar-refractivity contribution in [3.63, 3.8) is 0 Å². The van der Waals surface area contributed by atoms with Crippen LogP contribution in [-0.2, 0) is 0 Å². The smallest absolute Gasteiger partial charge is 0.178 e. The molecule has 6 nitrogen and oxygen atoms in total. The number of hydrogen-bond acceptors (Lipinski definition) is 5. The van der Waals surface area contributed by atoms with Crippen LogP contribution < -0.4 is 4.90 Å². The predicted octanol–water partition coefficient (Wildman–Crippen LogP) is 0.431. The van der Waals surface area contributed by atoms with Crippen LogP contribution in [-0.4, -0.2) is 58.9 Å². The molecule has 0 aliphatic rings. The minimum atomic E-state index is 0.784. The molecule has 0 atom stereocenters. The van der Waals surface area contributed by atoms with Crippen molar-refractivity contribution in [2.24, 2.45) is 0 Å². The quantitative estimate of drug-likeness (QED) is 0.768. The zero-order valence-corrected chi connectivity index (χ0v) is 10.8. The van der Waals surface area contributed by atoms with Crippen LogP contribution in [0.5, 0.6) is 0 Å². The Morgan fingerprint density at radius 2 is 1.88 bits per heavy atom. The molecular formula is C11H18N6. The van der Waals surface area contributed by atoms with Gasteiger partial charge in [0.15, 0.2) is 11.5 Å². The molecule has 2 aromatic rings. The molecule has 2 aromatic heterocycles. The lowest BCUT2D eigenvalue weighted by molar-refractivity contribution is 0.416. The molecule has 6 heteroatoms. The van der Waals surface area contributed by atoms with E-state index in [9.17, 15) is 0 Å². The standard InChI is InChI=1S/C11H18N6/c1-9-12-13-10-5-6-11(14-17(9)10)16(4)8-7-15(2)3/h5-6H,7-8H2,1-4H3. The Morgan fingerprint density at radius 1 is 1.12 bits per heavy atom. The average molecular weight is 234 g/mol. The molecule has 0 aliphatic carbocycles. The Labute approximate surface area is 101 Å². The maximum Gasteiger partial charge on any atom is 0.178 e. The highest BCUT2D eigenvalue weighted by Crippen LogP contribution is 2.10. The Balaban J connectivity index is 2.20. The zero-order chi connectivity index (χ0) is 12.4. The third-order valence-corrected chi connectivity index (χ3v) is 2.68. The van der Waals surface area contributed by atoms with Crippen molar-refractivity contribution in [3.8, 4) is 0 Å². The van der Waals surface area contributed by atoms with E-state index in [1.165, 1.54) is 0 Å². The van der Waals surface area contributed by atoms with E-state index in [4.69, 9.17) is 0 Å². The van der Waals surface area contributed by atoms with Gasteiger partial charge in [-0.25, -0.2) is 0 Å². The Bertz CT molecular complexity index is 504. The minimum absolute atomic E-state index is 0.784. The molecule has 0 amide bonds. The SMILES string of the molecule is Cc1nnc2ccc(N(C)CCN(C)C)nn12. The van der Waals surface area contributed by atoms with E-state index < -0.39 is 0 Å². The monoisotopic (exact) mass is 234 g/mol. The van der Waals surface area contributed by atoms with Crippen LogP contribution in [0.3, 0.4) is 0 Å². The lowest BCUT2D eigenvalue weighted by Gasteiger charge is -2.20. The molecule has 0 saturated heterocycles. The number of anilines is 1. The minimum Gasteiger partial charge on any atom is -0.357 e. The molecule has 92 valence electrons. The van der Waals surface area contributed by atoms with Gasteiger partial charge in [0.05, 0.1) is 0 Å². The fraction of sp³-hybridized carbons (Fsp3) is 0.545. The van der Waals surface area contributed by atoms with Gasteiger partial charge in [-0.05, 0) is 33.2 Å². The van der Waals surface area contributed by atoms with E-state index in [-0.39, 0.29) is 0 Å². The van der Waals surface area contributed by atoms with Gasteiger partial charge in [-0.15, -0.1) is 15.3 Å². The van der Waals surface area contributed by atoms with E-state index in [0.29, 0.717) is 0 Å². The molecule has 2 rings (SSSR count). The summed E-state index contributed by atoms with van der Waals surface area (Å²) in [5.41, 5.74) is 0.784. The fourth-order valence-electron chi connectivity index (χ4n) is 1.55. The predicted molar refractivity (Wildman–Crippen MR) is 67.3 cm³/mol. The highest BCUT2D eigenvalue weighted by molar-refractivity contribution is 5.45. The van der Waals surface area contributed by atoms with Gasteiger partial charge in [-0.2, -0.15) is 4.52 Å². The first-order valence-electron chi connectivity index (χ1n) is 5.63. The molecular weight excluding hydrogens is 216 g/mol. The van der Waals surface area contributed by atoms with E-state index >= 15 is 0 Å². The number of fused-ring (bicyclic) bond motifs is 1. The Morgan fingerprint density at radius 3 is 2.59 bits per heavy atom. The number of rotatable bonds is 4. The number of hydrogen-bond donors (Lipinski definition) is 0. The molecule has 0 radical (unpaired) electrons. The van der Waals surface area contributed by atoms with Crippen LogP contribution in [0.4, 0.5) is 5.82 Å². The first kappa shape index (κ1) is 11.8. The normalized spacial score (nSPS) is 11.4. The first-order chi connectivity index (χ1) is 8.08. The van der Waals surface area contributed by atoms with Crippen LogP contribution in [0.1, 0.15) is 5.82 Å². The maximum atomic E-state index is 4.51. The third-order valence-electron chi connectivity index (χ3n) is 2.68. The van der Waals surface area contributed by atoms with Gasteiger partial charge in [0.1, 0.15) is 5.82 Å². The summed E-state index contributed by atoms with van der Waals surface area (Å²) in [6, 6.07) is 3.91. The molecule has 0 aliphatic heterocycles. The van der Waals surface area contributed by atoms with Crippen LogP contribution in [0.25, 0.3) is 5.65 Å². The van der Waals surface area contributed by atoms with Crippen molar-refractivity contribution in [1.29, 1.82) is 0 Å². The van der Waals surface area contributed by atoms with Gasteiger partial charge in [0.2, 0.25) is 0 Å². The summed E-state index contributed by atoms with van der Waals surface area (Å²) in [5, 5.41) is 12.5. The first-order valence-corrected chi connectivity index (χ1v) is 5.63. The van der Waals surface area contributed by atoms with Crippen LogP contribution in [0.2, 0.25) is 0 Å². The van der Waals surface area contributed by atoms with Crippen molar-refractivity contribution in [3.05, 3.63) is 18.0 Å². The lowest BCUT2D eigenvalue weighted by atomic mass is 10.4. The number of likely N-dealkylation sites (N-methyl/N-ethyl adjacent to an activating group) is 2. The second-order valence-electron chi connectivity index (χ2n) is 4.43. The van der Waals surface area contributed by atoms with E-state index in [1.54, 1.807) is 4.52 Å². The maximum absolute atomic E-state index is 4.51. The number of aryl methyl sites for hydroxylation is 1. The van der Waals surface area contributed by atoms with Crippen molar-refractivity contribution in [2.75, 3.05) is 39.1 Å². The lowest BCUT2D eigenvalue weighted by Crippen LogP contribution is -2.29. The Hall–Kier alpha value is -1.69.